The topological polar surface area (TPSA) is 62.7 Å². The molecule has 1 fully saturated rings. The van der Waals surface area contributed by atoms with Gasteiger partial charge in [-0.15, -0.1) is 11.3 Å². The van der Waals surface area contributed by atoms with Crippen LogP contribution >= 0.6 is 11.3 Å². The van der Waals surface area contributed by atoms with Crippen molar-refractivity contribution in [3.63, 3.8) is 0 Å². The lowest BCUT2D eigenvalue weighted by molar-refractivity contribution is 0.0477. The summed E-state index contributed by atoms with van der Waals surface area (Å²) in [4.78, 5) is 19.0. The number of amides is 1. The molecule has 2 rings (SSSR count). The number of β-amino-alcohol motifs (C(OH)–C–C–N with tert-alkyl or cyclic N) is 1. The van der Waals surface area contributed by atoms with Crippen LogP contribution in [0.15, 0.2) is 0 Å². The number of aromatic nitrogens is 1. The lowest BCUT2D eigenvalue weighted by Gasteiger charge is -2.29. The number of aryl methyl sites for hydroxylation is 1. The molecule has 5 nitrogen and oxygen atoms in total. The van der Waals surface area contributed by atoms with Gasteiger partial charge in [0.2, 0.25) is 0 Å². The molecule has 1 unspecified atom stereocenters. The number of hydrogen-bond donors (Lipinski definition) is 1. The Labute approximate surface area is 110 Å². The average molecular weight is 270 g/mol. The van der Waals surface area contributed by atoms with Gasteiger partial charge < -0.3 is 14.7 Å². The molecule has 1 saturated heterocycles. The van der Waals surface area contributed by atoms with E-state index in [1.807, 2.05) is 6.92 Å². The molecule has 0 aliphatic carbocycles. The molecular weight excluding hydrogens is 252 g/mol. The fraction of sp³-hybridized carbons (Fsp3) is 0.667. The van der Waals surface area contributed by atoms with Gasteiger partial charge in [0, 0.05) is 20.2 Å². The Morgan fingerprint density at radius 2 is 2.44 bits per heavy atom. The highest BCUT2D eigenvalue weighted by atomic mass is 32.1. The standard InChI is InChI=1S/C12H18N2O3S/c1-8-11(18-10(13-8)7-17-2)12(16)14-5-3-4-9(15)6-14/h9,15H,3-7H2,1-2H3. The number of carbonyl (C=O) groups is 1. The molecular formula is C12H18N2O3S. The largest absolute Gasteiger partial charge is 0.391 e. The maximum absolute atomic E-state index is 12.3. The molecule has 6 heteroatoms. The Bertz CT molecular complexity index is 433. The van der Waals surface area contributed by atoms with E-state index in [9.17, 15) is 9.90 Å². The van der Waals surface area contributed by atoms with E-state index in [-0.39, 0.29) is 5.91 Å². The summed E-state index contributed by atoms with van der Waals surface area (Å²) in [7, 11) is 1.61. The van der Waals surface area contributed by atoms with Crippen LogP contribution in [0.5, 0.6) is 0 Å². The molecule has 1 aromatic rings. The Morgan fingerprint density at radius 3 is 3.11 bits per heavy atom. The summed E-state index contributed by atoms with van der Waals surface area (Å²) < 4.78 is 5.02. The number of hydrogen-bond acceptors (Lipinski definition) is 5. The van der Waals surface area contributed by atoms with Crippen LogP contribution < -0.4 is 0 Å². The molecule has 0 aromatic carbocycles. The van der Waals surface area contributed by atoms with Crippen LogP contribution in [-0.4, -0.2) is 47.2 Å². The number of ether oxygens (including phenoxy) is 1. The molecule has 1 atom stereocenters. The van der Waals surface area contributed by atoms with Gasteiger partial charge in [0.05, 0.1) is 18.4 Å². The smallest absolute Gasteiger partial charge is 0.265 e. The fourth-order valence-electron chi connectivity index (χ4n) is 2.12. The fourth-order valence-corrected chi connectivity index (χ4v) is 3.12. The first-order valence-corrected chi connectivity index (χ1v) is 6.86. The second-order valence-electron chi connectivity index (χ2n) is 4.50. The number of nitrogens with zero attached hydrogens (tertiary/aromatic N) is 2. The first-order chi connectivity index (χ1) is 8.61. The van der Waals surface area contributed by atoms with Crippen molar-refractivity contribution >= 4 is 17.2 Å². The third kappa shape index (κ3) is 2.88. The second-order valence-corrected chi connectivity index (χ2v) is 5.59. The van der Waals surface area contributed by atoms with Crippen molar-refractivity contribution in [3.8, 4) is 0 Å². The monoisotopic (exact) mass is 270 g/mol. The number of piperidine rings is 1. The van der Waals surface area contributed by atoms with Crippen LogP contribution in [0, 0.1) is 6.92 Å². The van der Waals surface area contributed by atoms with Crippen molar-refractivity contribution in [1.29, 1.82) is 0 Å². The maximum atomic E-state index is 12.3. The first kappa shape index (κ1) is 13.5. The lowest BCUT2D eigenvalue weighted by atomic mass is 10.1. The van der Waals surface area contributed by atoms with Gasteiger partial charge in [0.1, 0.15) is 9.88 Å². The normalized spacial score (nSPS) is 20.2. The molecule has 1 aliphatic heterocycles. The van der Waals surface area contributed by atoms with Gasteiger partial charge in [0.15, 0.2) is 0 Å². The Hall–Kier alpha value is -0.980. The molecule has 0 radical (unpaired) electrons. The lowest BCUT2D eigenvalue weighted by Crippen LogP contribution is -2.42. The molecule has 1 amide bonds. The molecule has 0 spiro atoms. The van der Waals surface area contributed by atoms with E-state index in [4.69, 9.17) is 4.74 Å². The van der Waals surface area contributed by atoms with Crippen molar-refractivity contribution in [1.82, 2.24) is 9.88 Å². The molecule has 1 aliphatic rings. The maximum Gasteiger partial charge on any atom is 0.265 e. The molecule has 18 heavy (non-hydrogen) atoms. The van der Waals surface area contributed by atoms with E-state index in [0.29, 0.717) is 24.6 Å². The minimum atomic E-state index is -0.394. The van der Waals surface area contributed by atoms with Crippen LogP contribution in [0.1, 0.15) is 33.2 Å². The third-order valence-corrected chi connectivity index (χ3v) is 4.11. The summed E-state index contributed by atoms with van der Waals surface area (Å²) in [6, 6.07) is 0. The molecule has 1 aromatic heterocycles. The zero-order valence-electron chi connectivity index (χ0n) is 10.7. The minimum Gasteiger partial charge on any atom is -0.391 e. The van der Waals surface area contributed by atoms with Gasteiger partial charge in [-0.25, -0.2) is 4.98 Å². The molecule has 2 heterocycles. The van der Waals surface area contributed by atoms with Gasteiger partial charge >= 0.3 is 0 Å². The Morgan fingerprint density at radius 1 is 1.67 bits per heavy atom. The highest BCUT2D eigenvalue weighted by Gasteiger charge is 2.26. The molecule has 0 bridgehead atoms. The van der Waals surface area contributed by atoms with Gasteiger partial charge in [-0.3, -0.25) is 4.79 Å². The predicted molar refractivity (Wildman–Crippen MR) is 68.7 cm³/mol. The summed E-state index contributed by atoms with van der Waals surface area (Å²) in [5.74, 6) is -0.0221. The predicted octanol–water partition coefficient (Wildman–Crippen LogP) is 1.19. The quantitative estimate of drug-likeness (QED) is 0.896. The SMILES string of the molecule is COCc1nc(C)c(C(=O)N2CCCC(O)C2)s1. The van der Waals surface area contributed by atoms with E-state index < -0.39 is 6.10 Å². The van der Waals surface area contributed by atoms with Crippen molar-refractivity contribution in [2.45, 2.75) is 32.5 Å². The van der Waals surface area contributed by atoms with E-state index in [1.54, 1.807) is 12.0 Å². The van der Waals surface area contributed by atoms with Crippen molar-refractivity contribution < 1.29 is 14.6 Å². The van der Waals surface area contributed by atoms with Gasteiger partial charge in [0.25, 0.3) is 5.91 Å². The molecule has 100 valence electrons. The zero-order chi connectivity index (χ0) is 13.1. The number of carbonyl (C=O) groups excluding carboxylic acids is 1. The highest BCUT2D eigenvalue weighted by molar-refractivity contribution is 7.13. The number of aliphatic hydroxyl groups is 1. The molecule has 1 N–H and O–H groups in total. The highest BCUT2D eigenvalue weighted by Crippen LogP contribution is 2.22. The Balaban J connectivity index is 2.12. The molecule has 0 saturated carbocycles. The van der Waals surface area contributed by atoms with Crippen molar-refractivity contribution in [3.05, 3.63) is 15.6 Å². The van der Waals surface area contributed by atoms with Crippen LogP contribution in [-0.2, 0) is 11.3 Å². The summed E-state index contributed by atoms with van der Waals surface area (Å²) in [6.45, 7) is 3.41. The summed E-state index contributed by atoms with van der Waals surface area (Å²) in [5.41, 5.74) is 0.747. The van der Waals surface area contributed by atoms with E-state index in [1.165, 1.54) is 11.3 Å². The summed E-state index contributed by atoms with van der Waals surface area (Å²) in [5, 5.41) is 10.4. The van der Waals surface area contributed by atoms with Gasteiger partial charge in [-0.1, -0.05) is 0 Å². The zero-order valence-corrected chi connectivity index (χ0v) is 11.5. The van der Waals surface area contributed by atoms with E-state index >= 15 is 0 Å². The minimum absolute atomic E-state index is 0.0221. The van der Waals surface area contributed by atoms with Gasteiger partial charge in [-0.05, 0) is 19.8 Å². The average Bonchev–Trinajstić information content (AvgIpc) is 2.70. The summed E-state index contributed by atoms with van der Waals surface area (Å²) in [6.07, 6.45) is 1.24. The third-order valence-electron chi connectivity index (χ3n) is 2.99. The van der Waals surface area contributed by atoms with Crippen LogP contribution in [0.2, 0.25) is 0 Å². The summed E-state index contributed by atoms with van der Waals surface area (Å²) >= 11 is 1.38. The number of rotatable bonds is 3. The second kappa shape index (κ2) is 5.77. The first-order valence-electron chi connectivity index (χ1n) is 6.04. The van der Waals surface area contributed by atoms with Gasteiger partial charge in [-0.2, -0.15) is 0 Å². The van der Waals surface area contributed by atoms with Crippen LogP contribution in [0.25, 0.3) is 0 Å². The van der Waals surface area contributed by atoms with Crippen LogP contribution in [0.3, 0.4) is 0 Å². The number of aliphatic hydroxyl groups excluding tert-OH is 1. The van der Waals surface area contributed by atoms with Crippen LogP contribution in [0.4, 0.5) is 0 Å². The van der Waals surface area contributed by atoms with Crippen molar-refractivity contribution in [2.75, 3.05) is 20.2 Å². The number of thiazole rings is 1. The van der Waals surface area contributed by atoms with Crippen molar-refractivity contribution in [2.24, 2.45) is 0 Å². The van der Waals surface area contributed by atoms with E-state index in [0.717, 1.165) is 23.5 Å². The van der Waals surface area contributed by atoms with E-state index in [2.05, 4.69) is 4.98 Å². The number of methoxy groups -OCH3 is 1. The Kier molecular flexibility index (Phi) is 4.31. The number of likely N-dealkylation sites (tertiary alicyclic amines) is 1.